The molecule has 0 aliphatic carbocycles. The average molecular weight is 238 g/mol. The van der Waals surface area contributed by atoms with Crippen LogP contribution < -0.4 is 0 Å². The van der Waals surface area contributed by atoms with Gasteiger partial charge in [-0.25, -0.2) is 14.8 Å². The van der Waals surface area contributed by atoms with E-state index in [1.54, 1.807) is 18.3 Å². The van der Waals surface area contributed by atoms with Crippen molar-refractivity contribution in [2.75, 3.05) is 0 Å². The standard InChI is InChI=1S/C9H6N2O2S2/c12-8(13)6-2-1-3-7(11-6)15-9-10-4-5-14-9/h1-5H,(H,12,13). The number of carboxylic acids is 1. The van der Waals surface area contributed by atoms with Crippen LogP contribution in [0, 0.1) is 0 Å². The van der Waals surface area contributed by atoms with E-state index in [4.69, 9.17) is 5.11 Å². The smallest absolute Gasteiger partial charge is 0.354 e. The van der Waals surface area contributed by atoms with Crippen molar-refractivity contribution in [1.29, 1.82) is 0 Å². The molecule has 0 aliphatic rings. The molecule has 4 nitrogen and oxygen atoms in total. The Morgan fingerprint density at radius 3 is 3.00 bits per heavy atom. The summed E-state index contributed by atoms with van der Waals surface area (Å²) in [5.74, 6) is -1.02. The monoisotopic (exact) mass is 238 g/mol. The van der Waals surface area contributed by atoms with Crippen LogP contribution in [-0.2, 0) is 0 Å². The largest absolute Gasteiger partial charge is 0.477 e. The molecule has 0 aliphatic heterocycles. The maximum Gasteiger partial charge on any atom is 0.354 e. The zero-order chi connectivity index (χ0) is 10.7. The zero-order valence-electron chi connectivity index (χ0n) is 7.45. The van der Waals surface area contributed by atoms with E-state index < -0.39 is 5.97 Å². The molecule has 15 heavy (non-hydrogen) atoms. The van der Waals surface area contributed by atoms with Gasteiger partial charge in [0.25, 0.3) is 0 Å². The van der Waals surface area contributed by atoms with Gasteiger partial charge >= 0.3 is 5.97 Å². The average Bonchev–Trinajstić information content (AvgIpc) is 2.71. The second-order valence-electron chi connectivity index (χ2n) is 2.57. The fourth-order valence-electron chi connectivity index (χ4n) is 0.941. The van der Waals surface area contributed by atoms with Crippen LogP contribution in [0.1, 0.15) is 10.5 Å². The molecule has 0 amide bonds. The summed E-state index contributed by atoms with van der Waals surface area (Å²) in [5.41, 5.74) is 0.0524. The number of carboxylic acid groups (broad SMARTS) is 1. The van der Waals surface area contributed by atoms with Crippen molar-refractivity contribution < 1.29 is 9.90 Å². The molecule has 1 N–H and O–H groups in total. The molecule has 2 heterocycles. The van der Waals surface area contributed by atoms with E-state index in [9.17, 15) is 4.79 Å². The van der Waals surface area contributed by atoms with Crippen molar-refractivity contribution in [3.63, 3.8) is 0 Å². The van der Waals surface area contributed by atoms with Gasteiger partial charge in [-0.05, 0) is 23.9 Å². The lowest BCUT2D eigenvalue weighted by Gasteiger charge is -1.98. The minimum absolute atomic E-state index is 0.0524. The molecule has 0 radical (unpaired) electrons. The molecule has 0 aromatic carbocycles. The van der Waals surface area contributed by atoms with Crippen molar-refractivity contribution in [2.24, 2.45) is 0 Å². The Balaban J connectivity index is 2.22. The van der Waals surface area contributed by atoms with Crippen molar-refractivity contribution in [2.45, 2.75) is 9.37 Å². The van der Waals surface area contributed by atoms with Gasteiger partial charge in [-0.2, -0.15) is 0 Å². The van der Waals surface area contributed by atoms with E-state index in [0.717, 1.165) is 4.34 Å². The van der Waals surface area contributed by atoms with Crippen molar-refractivity contribution in [3.8, 4) is 0 Å². The summed E-state index contributed by atoms with van der Waals surface area (Å²) >= 11 is 2.86. The number of thiazole rings is 1. The third-order valence-electron chi connectivity index (χ3n) is 1.54. The first kappa shape index (κ1) is 10.1. The molecule has 2 aromatic rings. The maximum atomic E-state index is 10.7. The van der Waals surface area contributed by atoms with Crippen LogP contribution in [0.15, 0.2) is 39.1 Å². The van der Waals surface area contributed by atoms with E-state index >= 15 is 0 Å². The Morgan fingerprint density at radius 2 is 2.33 bits per heavy atom. The van der Waals surface area contributed by atoms with Gasteiger partial charge in [0.1, 0.15) is 10.7 Å². The van der Waals surface area contributed by atoms with Gasteiger partial charge in [0.05, 0.1) is 0 Å². The quantitative estimate of drug-likeness (QED) is 0.889. The molecule has 2 aromatic heterocycles. The molecule has 6 heteroatoms. The van der Waals surface area contributed by atoms with Crippen LogP contribution in [0.5, 0.6) is 0 Å². The number of hydrogen-bond donors (Lipinski definition) is 1. The highest BCUT2D eigenvalue weighted by Gasteiger charge is 2.06. The zero-order valence-corrected chi connectivity index (χ0v) is 9.09. The van der Waals surface area contributed by atoms with Gasteiger partial charge in [-0.15, -0.1) is 11.3 Å². The Kier molecular flexibility index (Phi) is 2.98. The molecule has 76 valence electrons. The van der Waals surface area contributed by atoms with E-state index in [1.165, 1.54) is 29.2 Å². The first-order valence-corrected chi connectivity index (χ1v) is 5.73. The molecule has 0 saturated heterocycles. The van der Waals surface area contributed by atoms with Crippen molar-refractivity contribution in [1.82, 2.24) is 9.97 Å². The molecule has 0 spiro atoms. The lowest BCUT2D eigenvalue weighted by atomic mass is 10.4. The number of aromatic carboxylic acids is 1. The molecular weight excluding hydrogens is 232 g/mol. The minimum atomic E-state index is -1.02. The third kappa shape index (κ3) is 2.54. The highest BCUT2D eigenvalue weighted by molar-refractivity contribution is 8.00. The topological polar surface area (TPSA) is 63.1 Å². The van der Waals surface area contributed by atoms with Gasteiger partial charge in [0, 0.05) is 11.6 Å². The minimum Gasteiger partial charge on any atom is -0.477 e. The van der Waals surface area contributed by atoms with E-state index in [1.807, 2.05) is 5.38 Å². The van der Waals surface area contributed by atoms with Gasteiger partial charge in [0.2, 0.25) is 0 Å². The molecule has 0 saturated carbocycles. The predicted octanol–water partition coefficient (Wildman–Crippen LogP) is 2.39. The second kappa shape index (κ2) is 4.41. The fourth-order valence-corrected chi connectivity index (χ4v) is 2.50. The summed E-state index contributed by atoms with van der Waals surface area (Å²) in [6.45, 7) is 0. The van der Waals surface area contributed by atoms with Gasteiger partial charge in [-0.1, -0.05) is 6.07 Å². The summed E-state index contributed by atoms with van der Waals surface area (Å²) in [6, 6.07) is 4.90. The SMILES string of the molecule is O=C(O)c1cccc(Sc2nccs2)n1. The van der Waals surface area contributed by atoms with Crippen LogP contribution in [0.3, 0.4) is 0 Å². The van der Waals surface area contributed by atoms with Crippen molar-refractivity contribution >= 4 is 29.1 Å². The molecule has 0 bridgehead atoms. The number of pyridine rings is 1. The van der Waals surface area contributed by atoms with Crippen LogP contribution >= 0.6 is 23.1 Å². The maximum absolute atomic E-state index is 10.7. The summed E-state index contributed by atoms with van der Waals surface area (Å²) < 4.78 is 0.852. The number of nitrogens with zero attached hydrogens (tertiary/aromatic N) is 2. The Bertz CT molecular complexity index is 471. The second-order valence-corrected chi connectivity index (χ2v) is 4.73. The van der Waals surface area contributed by atoms with Crippen molar-refractivity contribution in [3.05, 3.63) is 35.5 Å². The Morgan fingerprint density at radius 1 is 1.47 bits per heavy atom. The van der Waals surface area contributed by atoms with E-state index in [0.29, 0.717) is 5.03 Å². The van der Waals surface area contributed by atoms with Crippen LogP contribution in [-0.4, -0.2) is 21.0 Å². The molecule has 2 rings (SSSR count). The van der Waals surface area contributed by atoms with Gasteiger partial charge < -0.3 is 5.11 Å². The fraction of sp³-hybridized carbons (Fsp3) is 0. The summed E-state index contributed by atoms with van der Waals surface area (Å²) in [4.78, 5) is 18.7. The highest BCUT2D eigenvalue weighted by Crippen LogP contribution is 2.27. The van der Waals surface area contributed by atoms with E-state index in [-0.39, 0.29) is 5.69 Å². The summed E-state index contributed by atoms with van der Waals surface area (Å²) in [5, 5.41) is 11.3. The first-order valence-electron chi connectivity index (χ1n) is 4.03. The highest BCUT2D eigenvalue weighted by atomic mass is 32.2. The lowest BCUT2D eigenvalue weighted by Crippen LogP contribution is -1.99. The van der Waals surface area contributed by atoms with Gasteiger partial charge in [0.15, 0.2) is 4.34 Å². The van der Waals surface area contributed by atoms with E-state index in [2.05, 4.69) is 9.97 Å². The summed E-state index contributed by atoms with van der Waals surface area (Å²) in [7, 11) is 0. The number of aromatic nitrogens is 2. The molecule has 0 atom stereocenters. The molecule has 0 unspecified atom stereocenters. The lowest BCUT2D eigenvalue weighted by molar-refractivity contribution is 0.0689. The Hall–Kier alpha value is -1.40. The van der Waals surface area contributed by atoms with Crippen LogP contribution in [0.25, 0.3) is 0 Å². The van der Waals surface area contributed by atoms with Crippen LogP contribution in [0.2, 0.25) is 0 Å². The number of rotatable bonds is 3. The first-order chi connectivity index (χ1) is 7.25. The third-order valence-corrected chi connectivity index (χ3v) is 3.36. The predicted molar refractivity (Wildman–Crippen MR) is 57.4 cm³/mol. The number of hydrogen-bond acceptors (Lipinski definition) is 5. The van der Waals surface area contributed by atoms with Crippen LogP contribution in [0.4, 0.5) is 0 Å². The normalized spacial score (nSPS) is 10.1. The summed E-state index contributed by atoms with van der Waals surface area (Å²) in [6.07, 6.45) is 1.70. The van der Waals surface area contributed by atoms with Gasteiger partial charge in [-0.3, -0.25) is 0 Å². The molecular formula is C9H6N2O2S2. The molecule has 0 fully saturated rings. The number of carbonyl (C=O) groups is 1. The Labute approximate surface area is 94.0 Å².